The summed E-state index contributed by atoms with van der Waals surface area (Å²) in [5, 5.41) is 7.20. The van der Waals surface area contributed by atoms with Crippen LogP contribution in [0.5, 0.6) is 5.75 Å². The molecule has 3 heteroatoms. The Kier molecular flexibility index (Phi) is 7.67. The molecule has 0 saturated carbocycles. The molecule has 0 saturated heterocycles. The SMILES string of the molecule is C1=CC2Oc3ccccc3C2C=C1N(c1ccc(-c2ccc3c(ccc4ccccc43)c2)cc1)c1ccc(-c2ccccc2)c2oc3cc(-c4ccccc4)ccc3c12. The fourth-order valence-corrected chi connectivity index (χ4v) is 9.31. The molecule has 1 aliphatic carbocycles. The summed E-state index contributed by atoms with van der Waals surface area (Å²) < 4.78 is 13.4. The number of rotatable bonds is 6. The number of furan rings is 1. The van der Waals surface area contributed by atoms with Crippen molar-refractivity contribution in [3.8, 4) is 39.1 Å². The molecule has 1 aromatic heterocycles. The third-order valence-electron chi connectivity index (χ3n) is 12.2. The Bertz CT molecular complexity index is 3300. The van der Waals surface area contributed by atoms with Crippen molar-refractivity contribution in [1.29, 1.82) is 0 Å². The standard InChI is InChI=1S/C56H37NO2/c1-3-11-36(12-4-1)41-24-29-49-54(34-41)59-56-47(38-13-5-2-6-14-38)30-31-51(55(49)56)57(44-27-32-53-50(35-44)48-17-9-10-18-52(48)58-53)43-25-21-37(22-26-43)40-23-28-46-42(33-40)20-19-39-15-7-8-16-45(39)46/h1-35,50,53H. The van der Waals surface area contributed by atoms with Crippen molar-refractivity contribution in [2.24, 2.45) is 0 Å². The van der Waals surface area contributed by atoms with Gasteiger partial charge in [-0.1, -0.05) is 146 Å². The summed E-state index contributed by atoms with van der Waals surface area (Å²) in [5.74, 6) is 1.05. The van der Waals surface area contributed by atoms with Gasteiger partial charge < -0.3 is 14.1 Å². The number of benzene rings is 9. The number of hydrogen-bond acceptors (Lipinski definition) is 3. The van der Waals surface area contributed by atoms with Crippen LogP contribution in [0, 0.1) is 0 Å². The molecule has 278 valence electrons. The molecule has 0 N–H and O–H groups in total. The van der Waals surface area contributed by atoms with Gasteiger partial charge >= 0.3 is 0 Å². The second kappa shape index (κ2) is 13.5. The predicted molar refractivity (Wildman–Crippen MR) is 244 cm³/mol. The van der Waals surface area contributed by atoms with E-state index in [9.17, 15) is 0 Å². The Hall–Kier alpha value is -7.62. The van der Waals surface area contributed by atoms with Crippen LogP contribution in [0.15, 0.2) is 222 Å². The molecule has 2 unspecified atom stereocenters. The molecule has 0 radical (unpaired) electrons. The molecule has 2 aliphatic rings. The number of anilines is 2. The lowest BCUT2D eigenvalue weighted by molar-refractivity contribution is 0.268. The van der Waals surface area contributed by atoms with Gasteiger partial charge in [-0.2, -0.15) is 0 Å². The minimum absolute atomic E-state index is 0.0444. The van der Waals surface area contributed by atoms with Crippen molar-refractivity contribution in [3.63, 3.8) is 0 Å². The number of ether oxygens (including phenoxy) is 1. The van der Waals surface area contributed by atoms with Crippen molar-refractivity contribution in [1.82, 2.24) is 0 Å². The Morgan fingerprint density at radius 2 is 1.14 bits per heavy atom. The summed E-state index contributed by atoms with van der Waals surface area (Å²) >= 11 is 0. The van der Waals surface area contributed by atoms with Gasteiger partial charge in [0, 0.05) is 33.8 Å². The Morgan fingerprint density at radius 1 is 0.475 bits per heavy atom. The van der Waals surface area contributed by atoms with Crippen LogP contribution in [0.4, 0.5) is 11.4 Å². The zero-order valence-electron chi connectivity index (χ0n) is 32.1. The second-order valence-electron chi connectivity index (χ2n) is 15.6. The van der Waals surface area contributed by atoms with E-state index < -0.39 is 0 Å². The van der Waals surface area contributed by atoms with Crippen molar-refractivity contribution in [3.05, 3.63) is 224 Å². The number of allylic oxidation sites excluding steroid dienone is 1. The molecular weight excluding hydrogens is 719 g/mol. The zero-order valence-corrected chi connectivity index (χ0v) is 32.1. The number of fused-ring (bicyclic) bond motifs is 9. The van der Waals surface area contributed by atoms with Gasteiger partial charge in [-0.05, 0) is 116 Å². The quantitative estimate of drug-likeness (QED) is 0.158. The molecule has 59 heavy (non-hydrogen) atoms. The van der Waals surface area contributed by atoms with Crippen molar-refractivity contribution < 1.29 is 9.15 Å². The summed E-state index contributed by atoms with van der Waals surface area (Å²) in [7, 11) is 0. The highest BCUT2D eigenvalue weighted by Crippen LogP contribution is 2.48. The molecule has 10 aromatic rings. The summed E-state index contributed by atoms with van der Waals surface area (Å²) in [6, 6.07) is 69.5. The van der Waals surface area contributed by atoms with E-state index in [1.165, 1.54) is 38.2 Å². The second-order valence-corrected chi connectivity index (χ2v) is 15.6. The van der Waals surface area contributed by atoms with Gasteiger partial charge in [0.25, 0.3) is 0 Å². The summed E-state index contributed by atoms with van der Waals surface area (Å²) in [4.78, 5) is 2.40. The van der Waals surface area contributed by atoms with E-state index in [1.807, 2.05) is 6.07 Å². The fourth-order valence-electron chi connectivity index (χ4n) is 9.31. The fraction of sp³-hybridized carbons (Fsp3) is 0.0357. The molecule has 2 heterocycles. The van der Waals surface area contributed by atoms with E-state index in [1.54, 1.807) is 0 Å². The van der Waals surface area contributed by atoms with Crippen LogP contribution in [0.2, 0.25) is 0 Å². The molecule has 0 amide bonds. The van der Waals surface area contributed by atoms with Crippen molar-refractivity contribution in [2.75, 3.05) is 4.90 Å². The highest BCUT2D eigenvalue weighted by molar-refractivity contribution is 6.17. The topological polar surface area (TPSA) is 25.6 Å². The average Bonchev–Trinajstić information content (AvgIpc) is 3.88. The molecule has 0 fully saturated rings. The lowest BCUT2D eigenvalue weighted by Crippen LogP contribution is -2.23. The van der Waals surface area contributed by atoms with Crippen LogP contribution < -0.4 is 9.64 Å². The third kappa shape index (κ3) is 5.58. The maximum atomic E-state index is 6.98. The van der Waals surface area contributed by atoms with Crippen LogP contribution in [0.1, 0.15) is 11.5 Å². The molecule has 3 nitrogen and oxygen atoms in total. The summed E-state index contributed by atoms with van der Waals surface area (Å²) in [5.41, 5.74) is 13.0. The highest BCUT2D eigenvalue weighted by Gasteiger charge is 2.35. The third-order valence-corrected chi connectivity index (χ3v) is 12.2. The zero-order chi connectivity index (χ0) is 38.9. The normalized spacial score (nSPS) is 15.6. The number of hydrogen-bond donors (Lipinski definition) is 0. The first-order valence-corrected chi connectivity index (χ1v) is 20.3. The van der Waals surface area contributed by atoms with Gasteiger partial charge in [-0.3, -0.25) is 0 Å². The molecule has 9 aromatic carbocycles. The maximum absolute atomic E-state index is 6.98. The van der Waals surface area contributed by atoms with E-state index in [0.717, 1.165) is 67.0 Å². The molecule has 12 rings (SSSR count). The molecular formula is C56H37NO2. The maximum Gasteiger partial charge on any atom is 0.145 e. The van der Waals surface area contributed by atoms with Gasteiger partial charge in [0.2, 0.25) is 0 Å². The minimum atomic E-state index is -0.0444. The Labute approximate surface area is 342 Å². The molecule has 0 bridgehead atoms. The highest BCUT2D eigenvalue weighted by atomic mass is 16.5. The van der Waals surface area contributed by atoms with Crippen LogP contribution >= 0.6 is 0 Å². The van der Waals surface area contributed by atoms with Gasteiger partial charge in [-0.15, -0.1) is 0 Å². The van der Waals surface area contributed by atoms with E-state index in [0.29, 0.717) is 0 Å². The lowest BCUT2D eigenvalue weighted by atomic mass is 9.90. The summed E-state index contributed by atoms with van der Waals surface area (Å²) in [6.07, 6.45) is 6.78. The number of nitrogens with zero attached hydrogens (tertiary/aromatic N) is 1. The van der Waals surface area contributed by atoms with Gasteiger partial charge in [-0.25, -0.2) is 0 Å². The van der Waals surface area contributed by atoms with Gasteiger partial charge in [0.1, 0.15) is 23.0 Å². The monoisotopic (exact) mass is 755 g/mol. The van der Waals surface area contributed by atoms with Crippen molar-refractivity contribution >= 4 is 54.9 Å². The molecule has 0 spiro atoms. The minimum Gasteiger partial charge on any atom is -0.485 e. The van der Waals surface area contributed by atoms with E-state index in [4.69, 9.17) is 9.15 Å². The lowest BCUT2D eigenvalue weighted by Gasteiger charge is -2.31. The van der Waals surface area contributed by atoms with Crippen molar-refractivity contribution in [2.45, 2.75) is 12.0 Å². The smallest absolute Gasteiger partial charge is 0.145 e. The Balaban J connectivity index is 1.04. The van der Waals surface area contributed by atoms with Gasteiger partial charge in [0.15, 0.2) is 0 Å². The molecule has 1 aliphatic heterocycles. The average molecular weight is 756 g/mol. The molecule has 2 atom stereocenters. The van der Waals surface area contributed by atoms with Crippen LogP contribution in [0.3, 0.4) is 0 Å². The van der Waals surface area contributed by atoms with E-state index in [2.05, 4.69) is 211 Å². The predicted octanol–water partition coefficient (Wildman–Crippen LogP) is 15.0. The van der Waals surface area contributed by atoms with E-state index >= 15 is 0 Å². The van der Waals surface area contributed by atoms with Gasteiger partial charge in [0.05, 0.1) is 11.1 Å². The summed E-state index contributed by atoms with van der Waals surface area (Å²) in [6.45, 7) is 0. The van der Waals surface area contributed by atoms with Crippen LogP contribution in [-0.2, 0) is 0 Å². The Morgan fingerprint density at radius 3 is 1.98 bits per heavy atom. The first-order valence-electron chi connectivity index (χ1n) is 20.3. The first kappa shape index (κ1) is 33.5. The number of para-hydroxylation sites is 1. The van der Waals surface area contributed by atoms with E-state index in [-0.39, 0.29) is 12.0 Å². The van der Waals surface area contributed by atoms with Crippen LogP contribution in [0.25, 0.3) is 76.9 Å². The van der Waals surface area contributed by atoms with Crippen LogP contribution in [-0.4, -0.2) is 6.10 Å². The largest absolute Gasteiger partial charge is 0.485 e. The first-order chi connectivity index (χ1) is 29.2.